The number of aromatic nitrogens is 1. The van der Waals surface area contributed by atoms with Crippen molar-refractivity contribution in [3.05, 3.63) is 84.1 Å². The van der Waals surface area contributed by atoms with Crippen LogP contribution in [0.15, 0.2) is 72.9 Å². The standard InChI is InChI=1S/C20H17N3O2/c1-25-17-11-5-4-10-16(17)22-19-14-8-2-3-9-15(14)20(24)23(19)18-12-6-7-13-21-18/h2-13,19,22H,1H3. The lowest BCUT2D eigenvalue weighted by Crippen LogP contribution is -2.33. The molecule has 0 fully saturated rings. The van der Waals surface area contributed by atoms with E-state index in [1.54, 1.807) is 18.2 Å². The molecule has 2 heterocycles. The molecule has 124 valence electrons. The van der Waals surface area contributed by atoms with Gasteiger partial charge in [-0.1, -0.05) is 36.4 Å². The Labute approximate surface area is 145 Å². The molecule has 4 rings (SSSR count). The normalized spacial score (nSPS) is 15.8. The van der Waals surface area contributed by atoms with Gasteiger partial charge < -0.3 is 10.1 Å². The molecule has 0 saturated heterocycles. The zero-order valence-electron chi connectivity index (χ0n) is 13.7. The van der Waals surface area contributed by atoms with Gasteiger partial charge >= 0.3 is 0 Å². The van der Waals surface area contributed by atoms with Crippen molar-refractivity contribution in [3.8, 4) is 5.75 Å². The Kier molecular flexibility index (Phi) is 3.82. The molecule has 1 aliphatic rings. The number of nitrogens with zero attached hydrogens (tertiary/aromatic N) is 2. The first-order valence-corrected chi connectivity index (χ1v) is 8.02. The average molecular weight is 331 g/mol. The number of amides is 1. The molecule has 0 saturated carbocycles. The monoisotopic (exact) mass is 331 g/mol. The van der Waals surface area contributed by atoms with Crippen molar-refractivity contribution < 1.29 is 9.53 Å². The summed E-state index contributed by atoms with van der Waals surface area (Å²) >= 11 is 0. The van der Waals surface area contributed by atoms with Crippen LogP contribution in [0, 0.1) is 0 Å². The van der Waals surface area contributed by atoms with Gasteiger partial charge in [0.05, 0.1) is 12.8 Å². The van der Waals surface area contributed by atoms with E-state index in [0.717, 1.165) is 17.0 Å². The molecule has 1 amide bonds. The number of para-hydroxylation sites is 2. The van der Waals surface area contributed by atoms with E-state index in [0.29, 0.717) is 11.4 Å². The van der Waals surface area contributed by atoms with Crippen molar-refractivity contribution in [3.63, 3.8) is 0 Å². The van der Waals surface area contributed by atoms with Crippen LogP contribution in [0.1, 0.15) is 22.1 Å². The predicted molar refractivity (Wildman–Crippen MR) is 96.8 cm³/mol. The largest absolute Gasteiger partial charge is 0.495 e. The number of hydrogen-bond donors (Lipinski definition) is 1. The van der Waals surface area contributed by atoms with Gasteiger partial charge in [-0.25, -0.2) is 4.98 Å². The van der Waals surface area contributed by atoms with Gasteiger partial charge in [-0.3, -0.25) is 9.69 Å². The Morgan fingerprint density at radius 3 is 2.56 bits per heavy atom. The summed E-state index contributed by atoms with van der Waals surface area (Å²) in [4.78, 5) is 19.0. The minimum absolute atomic E-state index is 0.0679. The fourth-order valence-corrected chi connectivity index (χ4v) is 3.10. The van der Waals surface area contributed by atoms with Crippen molar-refractivity contribution >= 4 is 17.4 Å². The van der Waals surface area contributed by atoms with Crippen LogP contribution in [0.4, 0.5) is 11.5 Å². The number of ether oxygens (including phenoxy) is 1. The van der Waals surface area contributed by atoms with Crippen LogP contribution < -0.4 is 15.0 Å². The molecule has 0 radical (unpaired) electrons. The molecule has 0 spiro atoms. The van der Waals surface area contributed by atoms with Crippen LogP contribution in [0.25, 0.3) is 0 Å². The fraction of sp³-hybridized carbons (Fsp3) is 0.100. The minimum atomic E-state index is -0.352. The number of fused-ring (bicyclic) bond motifs is 1. The number of rotatable bonds is 4. The maximum absolute atomic E-state index is 13.0. The summed E-state index contributed by atoms with van der Waals surface area (Å²) in [6.45, 7) is 0. The first kappa shape index (κ1) is 15.2. The molecule has 2 aromatic carbocycles. The lowest BCUT2D eigenvalue weighted by Gasteiger charge is -2.26. The second kappa shape index (κ2) is 6.28. The summed E-state index contributed by atoms with van der Waals surface area (Å²) in [5, 5.41) is 3.44. The van der Waals surface area contributed by atoms with Gasteiger partial charge in [0.1, 0.15) is 17.7 Å². The summed E-state index contributed by atoms with van der Waals surface area (Å²) in [5.41, 5.74) is 2.42. The van der Waals surface area contributed by atoms with E-state index in [1.165, 1.54) is 0 Å². The van der Waals surface area contributed by atoms with Crippen LogP contribution in [-0.2, 0) is 0 Å². The summed E-state index contributed by atoms with van der Waals surface area (Å²) in [6, 6.07) is 20.8. The van der Waals surface area contributed by atoms with Crippen molar-refractivity contribution in [1.29, 1.82) is 0 Å². The quantitative estimate of drug-likeness (QED) is 0.789. The predicted octanol–water partition coefficient (Wildman–Crippen LogP) is 3.86. The third-order valence-corrected chi connectivity index (χ3v) is 4.26. The van der Waals surface area contributed by atoms with Gasteiger partial charge in [0, 0.05) is 17.3 Å². The second-order valence-electron chi connectivity index (χ2n) is 5.70. The topological polar surface area (TPSA) is 54.5 Å². The molecule has 0 bridgehead atoms. The molecule has 1 aliphatic heterocycles. The van der Waals surface area contributed by atoms with E-state index in [9.17, 15) is 4.79 Å². The van der Waals surface area contributed by atoms with E-state index in [2.05, 4.69) is 10.3 Å². The van der Waals surface area contributed by atoms with Crippen molar-refractivity contribution in [2.24, 2.45) is 0 Å². The molecule has 5 heteroatoms. The molecule has 0 aliphatic carbocycles. The number of carbonyl (C=O) groups is 1. The van der Waals surface area contributed by atoms with E-state index >= 15 is 0 Å². The molecule has 5 nitrogen and oxygen atoms in total. The van der Waals surface area contributed by atoms with Crippen LogP contribution >= 0.6 is 0 Å². The zero-order valence-corrected chi connectivity index (χ0v) is 13.7. The Bertz CT molecular complexity index is 912. The summed E-state index contributed by atoms with van der Waals surface area (Å²) in [5.74, 6) is 1.26. The van der Waals surface area contributed by atoms with Crippen LogP contribution in [0.5, 0.6) is 5.75 Å². The van der Waals surface area contributed by atoms with E-state index in [-0.39, 0.29) is 12.1 Å². The van der Waals surface area contributed by atoms with Crippen molar-refractivity contribution in [2.45, 2.75) is 6.17 Å². The average Bonchev–Trinajstić information content (AvgIpc) is 2.95. The zero-order chi connectivity index (χ0) is 17.2. The van der Waals surface area contributed by atoms with Gasteiger partial charge in [-0.05, 0) is 30.3 Å². The molecule has 1 N–H and O–H groups in total. The molecule has 1 atom stereocenters. The van der Waals surface area contributed by atoms with Crippen LogP contribution in [0.3, 0.4) is 0 Å². The maximum Gasteiger partial charge on any atom is 0.261 e. The van der Waals surface area contributed by atoms with E-state index < -0.39 is 0 Å². The highest BCUT2D eigenvalue weighted by atomic mass is 16.5. The number of benzene rings is 2. The SMILES string of the molecule is COc1ccccc1NC1c2ccccc2C(=O)N1c1ccccn1. The highest BCUT2D eigenvalue weighted by Crippen LogP contribution is 2.38. The van der Waals surface area contributed by atoms with Gasteiger partial charge in [0.2, 0.25) is 0 Å². The van der Waals surface area contributed by atoms with Crippen molar-refractivity contribution in [1.82, 2.24) is 4.98 Å². The number of hydrogen-bond acceptors (Lipinski definition) is 4. The molecule has 1 unspecified atom stereocenters. The lowest BCUT2D eigenvalue weighted by atomic mass is 10.1. The number of nitrogens with one attached hydrogen (secondary N) is 1. The molecule has 3 aromatic rings. The first-order valence-electron chi connectivity index (χ1n) is 8.02. The first-order chi connectivity index (χ1) is 12.3. The van der Waals surface area contributed by atoms with Gasteiger partial charge in [-0.15, -0.1) is 0 Å². The van der Waals surface area contributed by atoms with Gasteiger partial charge in [0.25, 0.3) is 5.91 Å². The number of carbonyl (C=O) groups excluding carboxylic acids is 1. The van der Waals surface area contributed by atoms with E-state index in [4.69, 9.17) is 4.74 Å². The van der Waals surface area contributed by atoms with Crippen LogP contribution in [0.2, 0.25) is 0 Å². The fourth-order valence-electron chi connectivity index (χ4n) is 3.10. The highest BCUT2D eigenvalue weighted by molar-refractivity contribution is 6.11. The molecular weight excluding hydrogens is 314 g/mol. The van der Waals surface area contributed by atoms with Crippen molar-refractivity contribution in [2.75, 3.05) is 17.3 Å². The maximum atomic E-state index is 13.0. The smallest absolute Gasteiger partial charge is 0.261 e. The minimum Gasteiger partial charge on any atom is -0.495 e. The second-order valence-corrected chi connectivity index (χ2v) is 5.70. The van der Waals surface area contributed by atoms with E-state index in [1.807, 2.05) is 66.7 Å². The van der Waals surface area contributed by atoms with Gasteiger partial charge in [-0.2, -0.15) is 0 Å². The third kappa shape index (κ3) is 2.59. The summed E-state index contributed by atoms with van der Waals surface area (Å²) < 4.78 is 5.43. The Hall–Kier alpha value is -3.34. The Balaban J connectivity index is 1.80. The van der Waals surface area contributed by atoms with Gasteiger partial charge in [0.15, 0.2) is 0 Å². The van der Waals surface area contributed by atoms with Crippen LogP contribution in [-0.4, -0.2) is 18.0 Å². The Morgan fingerprint density at radius 2 is 1.76 bits per heavy atom. The number of anilines is 2. The summed E-state index contributed by atoms with van der Waals surface area (Å²) in [7, 11) is 1.63. The number of pyridine rings is 1. The molecular formula is C20H17N3O2. The number of methoxy groups -OCH3 is 1. The lowest BCUT2D eigenvalue weighted by molar-refractivity contribution is 0.0992. The molecule has 25 heavy (non-hydrogen) atoms. The third-order valence-electron chi connectivity index (χ3n) is 4.26. The molecule has 1 aromatic heterocycles. The highest BCUT2D eigenvalue weighted by Gasteiger charge is 2.38. The Morgan fingerprint density at radius 1 is 1.00 bits per heavy atom. The summed E-state index contributed by atoms with van der Waals surface area (Å²) in [6.07, 6.45) is 1.33.